The van der Waals surface area contributed by atoms with Crippen LogP contribution in [0, 0.1) is 56.7 Å². The van der Waals surface area contributed by atoms with E-state index in [9.17, 15) is 5.11 Å². The summed E-state index contributed by atoms with van der Waals surface area (Å²) in [6, 6.07) is 0. The van der Waals surface area contributed by atoms with Crippen molar-refractivity contribution >= 4 is 0 Å². The molecule has 5 fully saturated rings. The predicted octanol–water partition coefficient (Wildman–Crippen LogP) is 7.86. The van der Waals surface area contributed by atoms with Crippen LogP contribution in [0.25, 0.3) is 0 Å². The van der Waals surface area contributed by atoms with Crippen LogP contribution in [0.15, 0.2) is 0 Å². The summed E-state index contributed by atoms with van der Waals surface area (Å²) in [7, 11) is 0. The molecular formula is C29H50O. The van der Waals surface area contributed by atoms with Crippen molar-refractivity contribution in [2.24, 2.45) is 56.7 Å². The number of rotatable bonds is 0. The third kappa shape index (κ3) is 2.57. The molecule has 0 bridgehead atoms. The Morgan fingerprint density at radius 2 is 1.37 bits per heavy atom. The first-order chi connectivity index (χ1) is 13.9. The van der Waals surface area contributed by atoms with Gasteiger partial charge in [-0.3, -0.25) is 0 Å². The van der Waals surface area contributed by atoms with Crippen LogP contribution in [-0.2, 0) is 0 Å². The zero-order chi connectivity index (χ0) is 21.7. The van der Waals surface area contributed by atoms with E-state index >= 15 is 0 Å². The number of aliphatic hydroxyl groups is 1. The van der Waals surface area contributed by atoms with E-state index in [4.69, 9.17) is 0 Å². The standard InChI is InChI=1S/C29H50O/c1-19-10-13-26(4)16-17-28(6)20(21(26)18-19)8-9-23-27(5)14-12-24(30)25(2,3)22(27)11-15-29(23,28)7/h19-24,30H,8-18H2,1-7H3/t19-,20?,21-,22?,23?,24-,26?,27-,28-,29+/m0/s1. The van der Waals surface area contributed by atoms with Gasteiger partial charge in [-0.05, 0) is 121 Å². The molecular weight excluding hydrogens is 364 g/mol. The van der Waals surface area contributed by atoms with Crippen molar-refractivity contribution in [1.29, 1.82) is 0 Å². The molecule has 1 N–H and O–H groups in total. The van der Waals surface area contributed by atoms with Crippen molar-refractivity contribution in [3.8, 4) is 0 Å². The summed E-state index contributed by atoms with van der Waals surface area (Å²) in [5, 5.41) is 10.9. The van der Waals surface area contributed by atoms with Crippen LogP contribution in [0.3, 0.4) is 0 Å². The van der Waals surface area contributed by atoms with Gasteiger partial charge in [0.15, 0.2) is 0 Å². The Hall–Kier alpha value is -0.0400. The van der Waals surface area contributed by atoms with Gasteiger partial charge in [0.05, 0.1) is 6.10 Å². The van der Waals surface area contributed by atoms with Crippen molar-refractivity contribution in [3.05, 3.63) is 0 Å². The fourth-order valence-corrected chi connectivity index (χ4v) is 11.2. The SMILES string of the molecule is C[C@H]1CCC2(C)CC[C@@]3(C)C(CCC4[C@@]5(C)CC[C@H](O)C(C)(C)C5CC[C@]43C)[C@@H]2C1. The van der Waals surface area contributed by atoms with Gasteiger partial charge in [-0.15, -0.1) is 0 Å². The first kappa shape index (κ1) is 21.8. The molecule has 1 heteroatoms. The van der Waals surface area contributed by atoms with E-state index in [1.165, 1.54) is 64.2 Å². The molecule has 5 rings (SSSR count). The van der Waals surface area contributed by atoms with Gasteiger partial charge in [-0.1, -0.05) is 54.9 Å². The molecule has 1 nitrogen and oxygen atoms in total. The highest BCUT2D eigenvalue weighted by Gasteiger charge is 2.69. The van der Waals surface area contributed by atoms with Crippen LogP contribution in [0.1, 0.15) is 119 Å². The van der Waals surface area contributed by atoms with E-state index in [0.717, 1.165) is 30.1 Å². The topological polar surface area (TPSA) is 20.2 Å². The van der Waals surface area contributed by atoms with Crippen molar-refractivity contribution in [3.63, 3.8) is 0 Å². The van der Waals surface area contributed by atoms with E-state index in [2.05, 4.69) is 48.5 Å². The first-order valence-corrected chi connectivity index (χ1v) is 13.6. The first-order valence-electron chi connectivity index (χ1n) is 13.6. The van der Waals surface area contributed by atoms with Crippen LogP contribution in [0.4, 0.5) is 0 Å². The molecule has 5 aliphatic rings. The van der Waals surface area contributed by atoms with Gasteiger partial charge in [-0.25, -0.2) is 0 Å². The Labute approximate surface area is 187 Å². The van der Waals surface area contributed by atoms with Gasteiger partial charge in [0.25, 0.3) is 0 Å². The molecule has 5 aliphatic carbocycles. The largest absolute Gasteiger partial charge is 0.393 e. The second kappa shape index (κ2) is 6.51. The molecule has 0 aliphatic heterocycles. The van der Waals surface area contributed by atoms with E-state index in [1.807, 2.05) is 0 Å². The van der Waals surface area contributed by atoms with Gasteiger partial charge in [0.2, 0.25) is 0 Å². The molecule has 0 spiro atoms. The lowest BCUT2D eigenvalue weighted by molar-refractivity contribution is -0.251. The normalized spacial score (nSPS) is 60.0. The number of aliphatic hydroxyl groups excluding tert-OH is 1. The van der Waals surface area contributed by atoms with Gasteiger partial charge >= 0.3 is 0 Å². The second-order valence-electron chi connectivity index (χ2n) is 14.7. The van der Waals surface area contributed by atoms with Crippen molar-refractivity contribution in [1.82, 2.24) is 0 Å². The number of hydrogen-bond donors (Lipinski definition) is 1. The van der Waals surface area contributed by atoms with Gasteiger partial charge in [0.1, 0.15) is 0 Å². The van der Waals surface area contributed by atoms with Crippen molar-refractivity contribution in [2.45, 2.75) is 125 Å². The van der Waals surface area contributed by atoms with Crippen LogP contribution in [0.5, 0.6) is 0 Å². The molecule has 10 atom stereocenters. The Bertz CT molecular complexity index is 696. The van der Waals surface area contributed by atoms with Gasteiger partial charge < -0.3 is 5.11 Å². The molecule has 4 unspecified atom stereocenters. The van der Waals surface area contributed by atoms with Gasteiger partial charge in [-0.2, -0.15) is 0 Å². The second-order valence-corrected chi connectivity index (χ2v) is 14.7. The summed E-state index contributed by atoms with van der Waals surface area (Å²) < 4.78 is 0. The van der Waals surface area contributed by atoms with E-state index in [0.29, 0.717) is 27.6 Å². The summed E-state index contributed by atoms with van der Waals surface area (Å²) in [6.45, 7) is 18.1. The van der Waals surface area contributed by atoms with Gasteiger partial charge in [0, 0.05) is 0 Å². The minimum Gasteiger partial charge on any atom is -0.393 e. The average molecular weight is 415 g/mol. The lowest BCUT2D eigenvalue weighted by atomic mass is 9.32. The average Bonchev–Trinajstić information content (AvgIpc) is 2.67. The smallest absolute Gasteiger partial charge is 0.0594 e. The third-order valence-electron chi connectivity index (χ3n) is 13.4. The molecule has 172 valence electrons. The Balaban J connectivity index is 1.52. The minimum absolute atomic E-state index is 0.0794. The fourth-order valence-electron chi connectivity index (χ4n) is 11.2. The molecule has 0 aromatic rings. The molecule has 0 saturated heterocycles. The van der Waals surface area contributed by atoms with Crippen LogP contribution in [-0.4, -0.2) is 11.2 Å². The molecule has 5 saturated carbocycles. The monoisotopic (exact) mass is 414 g/mol. The van der Waals surface area contributed by atoms with Crippen LogP contribution >= 0.6 is 0 Å². The lowest BCUT2D eigenvalue weighted by Gasteiger charge is -2.73. The summed E-state index contributed by atoms with van der Waals surface area (Å²) in [5.41, 5.74) is 2.13. The number of fused-ring (bicyclic) bond motifs is 7. The predicted molar refractivity (Wildman–Crippen MR) is 126 cm³/mol. The van der Waals surface area contributed by atoms with Crippen LogP contribution < -0.4 is 0 Å². The highest BCUT2D eigenvalue weighted by molar-refractivity contribution is 5.18. The zero-order valence-corrected chi connectivity index (χ0v) is 21.2. The van der Waals surface area contributed by atoms with E-state index in [-0.39, 0.29) is 11.5 Å². The Morgan fingerprint density at radius 3 is 2.10 bits per heavy atom. The third-order valence-corrected chi connectivity index (χ3v) is 13.4. The summed E-state index contributed by atoms with van der Waals surface area (Å²) in [4.78, 5) is 0. The maximum Gasteiger partial charge on any atom is 0.0594 e. The quantitative estimate of drug-likeness (QED) is 0.427. The minimum atomic E-state index is -0.106. The van der Waals surface area contributed by atoms with E-state index < -0.39 is 0 Å². The summed E-state index contributed by atoms with van der Waals surface area (Å²) in [6.07, 6.45) is 15.2. The molecule has 0 amide bonds. The van der Waals surface area contributed by atoms with Crippen molar-refractivity contribution in [2.75, 3.05) is 0 Å². The highest BCUT2D eigenvalue weighted by atomic mass is 16.3. The maximum atomic E-state index is 10.9. The van der Waals surface area contributed by atoms with Crippen LogP contribution in [0.2, 0.25) is 0 Å². The molecule has 0 radical (unpaired) electrons. The Morgan fingerprint density at radius 1 is 0.633 bits per heavy atom. The zero-order valence-electron chi connectivity index (χ0n) is 21.2. The molecule has 0 aromatic heterocycles. The maximum absolute atomic E-state index is 10.9. The number of hydrogen-bond acceptors (Lipinski definition) is 1. The molecule has 0 heterocycles. The summed E-state index contributed by atoms with van der Waals surface area (Å²) in [5.74, 6) is 4.39. The highest BCUT2D eigenvalue weighted by Crippen LogP contribution is 2.76. The fraction of sp³-hybridized carbons (Fsp3) is 1.00. The molecule has 30 heavy (non-hydrogen) atoms. The van der Waals surface area contributed by atoms with Crippen molar-refractivity contribution < 1.29 is 5.11 Å². The van der Waals surface area contributed by atoms with E-state index in [1.54, 1.807) is 0 Å². The Kier molecular flexibility index (Phi) is 4.73. The summed E-state index contributed by atoms with van der Waals surface area (Å²) >= 11 is 0. The molecule has 0 aromatic carbocycles. The lowest BCUT2D eigenvalue weighted by Crippen LogP contribution is -2.66.